The first-order valence-electron chi connectivity index (χ1n) is 6.82. The van der Waals surface area contributed by atoms with E-state index in [1.807, 2.05) is 19.1 Å². The first-order chi connectivity index (χ1) is 8.68. The summed E-state index contributed by atoms with van der Waals surface area (Å²) in [6, 6.07) is 7.22. The van der Waals surface area contributed by atoms with Gasteiger partial charge >= 0.3 is 0 Å². The van der Waals surface area contributed by atoms with E-state index in [4.69, 9.17) is 5.73 Å². The highest BCUT2D eigenvalue weighted by atomic mass is 16.1. The average molecular weight is 246 g/mol. The van der Waals surface area contributed by atoms with Gasteiger partial charge in [0, 0.05) is 11.3 Å². The van der Waals surface area contributed by atoms with Crippen LogP contribution >= 0.6 is 0 Å². The monoisotopic (exact) mass is 246 g/mol. The summed E-state index contributed by atoms with van der Waals surface area (Å²) >= 11 is 0. The van der Waals surface area contributed by atoms with Crippen molar-refractivity contribution in [3.05, 3.63) is 29.8 Å². The molecule has 1 saturated heterocycles. The van der Waals surface area contributed by atoms with E-state index in [2.05, 4.69) is 4.90 Å². The summed E-state index contributed by atoms with van der Waals surface area (Å²) in [4.78, 5) is 14.7. The Morgan fingerprint density at radius 2 is 1.67 bits per heavy atom. The number of hydrogen-bond acceptors (Lipinski definition) is 3. The van der Waals surface area contributed by atoms with Crippen molar-refractivity contribution in [1.29, 1.82) is 0 Å². The molecule has 0 spiro atoms. The van der Waals surface area contributed by atoms with Crippen LogP contribution in [0.15, 0.2) is 24.3 Å². The van der Waals surface area contributed by atoms with Crippen LogP contribution in [0.4, 0.5) is 5.69 Å². The Morgan fingerprint density at radius 3 is 2.22 bits per heavy atom. The molecule has 1 fully saturated rings. The third-order valence-corrected chi connectivity index (χ3v) is 3.76. The van der Waals surface area contributed by atoms with Crippen LogP contribution in [0, 0.1) is 0 Å². The molecule has 0 saturated carbocycles. The second-order valence-corrected chi connectivity index (χ2v) is 5.11. The molecule has 0 amide bonds. The molecule has 1 atom stereocenters. The fourth-order valence-electron chi connectivity index (χ4n) is 2.54. The SMILES string of the molecule is C[C@H](C(=O)c1ccc(N)cc1)N1CCCCCC1. The van der Waals surface area contributed by atoms with Crippen molar-refractivity contribution in [2.24, 2.45) is 0 Å². The summed E-state index contributed by atoms with van der Waals surface area (Å²) in [5, 5.41) is 0. The van der Waals surface area contributed by atoms with Crippen molar-refractivity contribution >= 4 is 11.5 Å². The molecule has 1 aliphatic heterocycles. The highest BCUT2D eigenvalue weighted by molar-refractivity contribution is 6.00. The van der Waals surface area contributed by atoms with Crippen LogP contribution in [0.3, 0.4) is 0 Å². The highest BCUT2D eigenvalue weighted by Gasteiger charge is 2.22. The molecule has 3 nitrogen and oxygen atoms in total. The third-order valence-electron chi connectivity index (χ3n) is 3.76. The van der Waals surface area contributed by atoms with E-state index in [-0.39, 0.29) is 11.8 Å². The van der Waals surface area contributed by atoms with Crippen molar-refractivity contribution in [2.75, 3.05) is 18.8 Å². The molecule has 0 radical (unpaired) electrons. The minimum Gasteiger partial charge on any atom is -0.399 e. The standard InChI is InChI=1S/C15H22N2O/c1-12(17-10-4-2-3-5-11-17)15(18)13-6-8-14(16)9-7-13/h6-9,12H,2-5,10-11,16H2,1H3/t12-/m1/s1. The number of ketones is 1. The van der Waals surface area contributed by atoms with E-state index in [1.165, 1.54) is 25.7 Å². The van der Waals surface area contributed by atoms with Gasteiger partial charge in [-0.15, -0.1) is 0 Å². The predicted molar refractivity (Wildman–Crippen MR) is 74.7 cm³/mol. The molecule has 0 aliphatic carbocycles. The van der Waals surface area contributed by atoms with Crippen LogP contribution < -0.4 is 5.73 Å². The Kier molecular flexibility index (Phi) is 4.37. The number of benzene rings is 1. The molecule has 1 heterocycles. The second kappa shape index (κ2) is 6.01. The van der Waals surface area contributed by atoms with Gasteiger partial charge in [0.25, 0.3) is 0 Å². The van der Waals surface area contributed by atoms with E-state index < -0.39 is 0 Å². The van der Waals surface area contributed by atoms with Crippen molar-refractivity contribution < 1.29 is 4.79 Å². The summed E-state index contributed by atoms with van der Waals surface area (Å²) in [5.41, 5.74) is 7.11. The lowest BCUT2D eigenvalue weighted by Gasteiger charge is -2.26. The van der Waals surface area contributed by atoms with E-state index in [0.29, 0.717) is 5.69 Å². The number of rotatable bonds is 3. The van der Waals surface area contributed by atoms with Gasteiger partial charge in [-0.25, -0.2) is 0 Å². The van der Waals surface area contributed by atoms with Crippen molar-refractivity contribution in [3.8, 4) is 0 Å². The highest BCUT2D eigenvalue weighted by Crippen LogP contribution is 2.16. The summed E-state index contributed by atoms with van der Waals surface area (Å²) in [5.74, 6) is 0.205. The zero-order chi connectivity index (χ0) is 13.0. The smallest absolute Gasteiger partial charge is 0.179 e. The quantitative estimate of drug-likeness (QED) is 0.659. The van der Waals surface area contributed by atoms with Crippen molar-refractivity contribution in [2.45, 2.75) is 38.6 Å². The lowest BCUT2D eigenvalue weighted by Crippen LogP contribution is -2.39. The largest absolute Gasteiger partial charge is 0.399 e. The van der Waals surface area contributed by atoms with Gasteiger partial charge in [-0.3, -0.25) is 9.69 Å². The Labute approximate surface area is 109 Å². The van der Waals surface area contributed by atoms with Gasteiger partial charge in [0.15, 0.2) is 5.78 Å². The molecule has 0 bridgehead atoms. The minimum absolute atomic E-state index is 0.0216. The maximum absolute atomic E-state index is 12.4. The molecular weight excluding hydrogens is 224 g/mol. The number of nitrogen functional groups attached to an aromatic ring is 1. The van der Waals surface area contributed by atoms with Gasteiger partial charge in [0.2, 0.25) is 0 Å². The maximum Gasteiger partial charge on any atom is 0.179 e. The van der Waals surface area contributed by atoms with E-state index in [0.717, 1.165) is 18.7 Å². The fourth-order valence-corrected chi connectivity index (χ4v) is 2.54. The molecule has 1 aromatic carbocycles. The van der Waals surface area contributed by atoms with Crippen molar-refractivity contribution in [1.82, 2.24) is 4.90 Å². The number of Topliss-reactive ketones (excluding diaryl/α,β-unsaturated/α-hetero) is 1. The first kappa shape index (κ1) is 13.1. The first-order valence-corrected chi connectivity index (χ1v) is 6.82. The fraction of sp³-hybridized carbons (Fsp3) is 0.533. The summed E-state index contributed by atoms with van der Waals surface area (Å²) in [6.45, 7) is 4.10. The summed E-state index contributed by atoms with van der Waals surface area (Å²) < 4.78 is 0. The van der Waals surface area contributed by atoms with Gasteiger partial charge in [-0.2, -0.15) is 0 Å². The molecular formula is C15H22N2O. The van der Waals surface area contributed by atoms with Crippen LogP contribution in [0.1, 0.15) is 43.0 Å². The molecule has 0 unspecified atom stereocenters. The van der Waals surface area contributed by atoms with Gasteiger partial charge < -0.3 is 5.73 Å². The van der Waals surface area contributed by atoms with Gasteiger partial charge in [0.1, 0.15) is 0 Å². The van der Waals surface area contributed by atoms with Crippen LogP contribution in [-0.2, 0) is 0 Å². The number of carbonyl (C=O) groups excluding carboxylic acids is 1. The molecule has 98 valence electrons. The summed E-state index contributed by atoms with van der Waals surface area (Å²) in [7, 11) is 0. The van der Waals surface area contributed by atoms with Gasteiger partial charge in [0.05, 0.1) is 6.04 Å². The zero-order valence-electron chi connectivity index (χ0n) is 11.1. The number of nitrogens with zero attached hydrogens (tertiary/aromatic N) is 1. The average Bonchev–Trinajstić information content (AvgIpc) is 2.67. The molecule has 1 aromatic rings. The minimum atomic E-state index is -0.0216. The molecule has 0 aromatic heterocycles. The van der Waals surface area contributed by atoms with Crippen LogP contribution in [0.5, 0.6) is 0 Å². The molecule has 3 heteroatoms. The Hall–Kier alpha value is -1.35. The number of nitrogens with two attached hydrogens (primary N) is 1. The normalized spacial score (nSPS) is 19.2. The van der Waals surface area contributed by atoms with Gasteiger partial charge in [-0.1, -0.05) is 12.8 Å². The lowest BCUT2D eigenvalue weighted by molar-refractivity contribution is 0.0843. The molecule has 2 rings (SSSR count). The number of hydrogen-bond donors (Lipinski definition) is 1. The van der Waals surface area contributed by atoms with Crippen molar-refractivity contribution in [3.63, 3.8) is 0 Å². The van der Waals surface area contributed by atoms with Crippen LogP contribution in [0.25, 0.3) is 0 Å². The predicted octanol–water partition coefficient (Wildman–Crippen LogP) is 2.72. The topological polar surface area (TPSA) is 46.3 Å². The second-order valence-electron chi connectivity index (χ2n) is 5.11. The van der Waals surface area contributed by atoms with Gasteiger partial charge in [-0.05, 0) is 57.1 Å². The van der Waals surface area contributed by atoms with Crippen LogP contribution in [0.2, 0.25) is 0 Å². The third kappa shape index (κ3) is 3.10. The Morgan fingerprint density at radius 1 is 1.11 bits per heavy atom. The Balaban J connectivity index is 2.05. The van der Waals surface area contributed by atoms with E-state index in [1.54, 1.807) is 12.1 Å². The maximum atomic E-state index is 12.4. The van der Waals surface area contributed by atoms with E-state index >= 15 is 0 Å². The molecule has 18 heavy (non-hydrogen) atoms. The Bertz CT molecular complexity index is 391. The number of anilines is 1. The number of carbonyl (C=O) groups is 1. The zero-order valence-corrected chi connectivity index (χ0v) is 11.1. The number of likely N-dealkylation sites (tertiary alicyclic amines) is 1. The summed E-state index contributed by atoms with van der Waals surface area (Å²) in [6.07, 6.45) is 5.00. The molecule has 1 aliphatic rings. The lowest BCUT2D eigenvalue weighted by atomic mass is 10.0. The van der Waals surface area contributed by atoms with Crippen LogP contribution in [-0.4, -0.2) is 29.8 Å². The molecule has 2 N–H and O–H groups in total. The van der Waals surface area contributed by atoms with E-state index in [9.17, 15) is 4.79 Å².